The molecule has 2 aliphatic rings. The molecule has 2 aromatic carbocycles. The SMILES string of the molecule is C=C[C@@]12CCC[C@@](CO)(COCc3ccccc3)[C@H]1CCc1cc(OC)ccc12. The lowest BCUT2D eigenvalue weighted by Gasteiger charge is -2.56. The standard InChI is InChI=1S/C26H32O3/c1-3-26-15-7-14-25(18-27,19-29-17-20-8-5-4-6-9-20)24(26)13-10-21-16-22(28-2)11-12-23(21)26/h3-6,8-9,11-12,16,24,27H,1,7,10,13-15,17-19H2,2H3/t24-,25-,26+/m1/s1. The first-order valence-electron chi connectivity index (χ1n) is 10.7. The number of aryl methyl sites for hydroxylation is 1. The minimum atomic E-state index is -0.223. The zero-order valence-electron chi connectivity index (χ0n) is 17.4. The van der Waals surface area contributed by atoms with Gasteiger partial charge in [0.05, 0.1) is 26.9 Å². The van der Waals surface area contributed by atoms with E-state index >= 15 is 0 Å². The number of aliphatic hydroxyl groups is 1. The van der Waals surface area contributed by atoms with Crippen molar-refractivity contribution >= 4 is 0 Å². The molecule has 3 atom stereocenters. The van der Waals surface area contributed by atoms with E-state index in [1.807, 2.05) is 18.2 Å². The van der Waals surface area contributed by atoms with E-state index in [4.69, 9.17) is 9.47 Å². The molecule has 2 aromatic rings. The van der Waals surface area contributed by atoms with Crippen LogP contribution < -0.4 is 4.74 Å². The number of allylic oxidation sites excluding steroid dienone is 1. The fourth-order valence-corrected chi connectivity index (χ4v) is 5.88. The molecule has 1 saturated carbocycles. The molecule has 4 rings (SSSR count). The zero-order chi connectivity index (χ0) is 20.3. The Bertz CT molecular complexity index is 846. The predicted molar refractivity (Wildman–Crippen MR) is 116 cm³/mol. The topological polar surface area (TPSA) is 38.7 Å². The number of fused-ring (bicyclic) bond motifs is 3. The van der Waals surface area contributed by atoms with Crippen LogP contribution in [-0.2, 0) is 23.2 Å². The van der Waals surface area contributed by atoms with E-state index in [2.05, 4.69) is 43.0 Å². The maximum Gasteiger partial charge on any atom is 0.119 e. The fourth-order valence-electron chi connectivity index (χ4n) is 5.88. The molecule has 0 aliphatic heterocycles. The van der Waals surface area contributed by atoms with Crippen molar-refractivity contribution < 1.29 is 14.6 Å². The summed E-state index contributed by atoms with van der Waals surface area (Å²) in [6.07, 6.45) is 7.37. The molecule has 0 bridgehead atoms. The van der Waals surface area contributed by atoms with E-state index < -0.39 is 0 Å². The van der Waals surface area contributed by atoms with Gasteiger partial charge in [-0.15, -0.1) is 6.58 Å². The summed E-state index contributed by atoms with van der Waals surface area (Å²) < 4.78 is 11.7. The number of rotatable bonds is 7. The lowest BCUT2D eigenvalue weighted by atomic mass is 9.49. The molecule has 0 heterocycles. The third kappa shape index (κ3) is 3.51. The third-order valence-corrected chi connectivity index (χ3v) is 7.32. The summed E-state index contributed by atoms with van der Waals surface area (Å²) in [6.45, 7) is 5.61. The maximum atomic E-state index is 10.6. The van der Waals surface area contributed by atoms with Gasteiger partial charge in [-0.3, -0.25) is 0 Å². The molecule has 0 radical (unpaired) electrons. The molecule has 0 aromatic heterocycles. The monoisotopic (exact) mass is 392 g/mol. The highest BCUT2D eigenvalue weighted by molar-refractivity contribution is 5.46. The van der Waals surface area contributed by atoms with Crippen LogP contribution in [0.3, 0.4) is 0 Å². The van der Waals surface area contributed by atoms with Crippen molar-refractivity contribution in [2.24, 2.45) is 11.3 Å². The smallest absolute Gasteiger partial charge is 0.119 e. The van der Waals surface area contributed by atoms with Gasteiger partial charge in [-0.05, 0) is 60.4 Å². The lowest BCUT2D eigenvalue weighted by Crippen LogP contribution is -2.54. The van der Waals surface area contributed by atoms with Crippen molar-refractivity contribution in [3.63, 3.8) is 0 Å². The number of aliphatic hydroxyl groups excluding tert-OH is 1. The van der Waals surface area contributed by atoms with E-state index in [9.17, 15) is 5.11 Å². The van der Waals surface area contributed by atoms with Gasteiger partial charge in [0, 0.05) is 10.8 Å². The number of methoxy groups -OCH3 is 1. The van der Waals surface area contributed by atoms with Gasteiger partial charge in [0.2, 0.25) is 0 Å². The van der Waals surface area contributed by atoms with E-state index in [0.29, 0.717) is 19.1 Å². The van der Waals surface area contributed by atoms with Crippen LogP contribution in [0.15, 0.2) is 61.2 Å². The van der Waals surface area contributed by atoms with Gasteiger partial charge in [0.15, 0.2) is 0 Å². The molecule has 2 aliphatic carbocycles. The van der Waals surface area contributed by atoms with Crippen LogP contribution in [0.25, 0.3) is 0 Å². The molecule has 1 N–H and O–H groups in total. The quantitative estimate of drug-likeness (QED) is 0.669. The Morgan fingerprint density at radius 3 is 2.72 bits per heavy atom. The van der Waals surface area contributed by atoms with Crippen molar-refractivity contribution in [3.05, 3.63) is 77.9 Å². The molecule has 3 heteroatoms. The van der Waals surface area contributed by atoms with Crippen LogP contribution in [0.1, 0.15) is 42.4 Å². The first-order valence-corrected chi connectivity index (χ1v) is 10.7. The summed E-state index contributed by atoms with van der Waals surface area (Å²) in [5.41, 5.74) is 3.58. The molecule has 0 unspecified atom stereocenters. The Kier molecular flexibility index (Phi) is 5.80. The Labute approximate surface area is 174 Å². The number of ether oxygens (including phenoxy) is 2. The highest BCUT2D eigenvalue weighted by Crippen LogP contribution is 2.58. The molecule has 1 fully saturated rings. The zero-order valence-corrected chi connectivity index (χ0v) is 17.4. The van der Waals surface area contributed by atoms with Crippen molar-refractivity contribution in [2.45, 2.75) is 44.1 Å². The van der Waals surface area contributed by atoms with E-state index in [0.717, 1.165) is 37.9 Å². The lowest BCUT2D eigenvalue weighted by molar-refractivity contribution is -0.0847. The van der Waals surface area contributed by atoms with Gasteiger partial charge in [-0.2, -0.15) is 0 Å². The van der Waals surface area contributed by atoms with Gasteiger partial charge >= 0.3 is 0 Å². The van der Waals surface area contributed by atoms with Crippen molar-refractivity contribution in [1.82, 2.24) is 0 Å². The van der Waals surface area contributed by atoms with E-state index in [-0.39, 0.29) is 17.4 Å². The molecule has 0 saturated heterocycles. The number of benzene rings is 2. The molecule has 0 spiro atoms. The van der Waals surface area contributed by atoms with Crippen LogP contribution in [0.4, 0.5) is 0 Å². The van der Waals surface area contributed by atoms with Gasteiger partial charge in [0.1, 0.15) is 5.75 Å². The molecular weight excluding hydrogens is 360 g/mol. The van der Waals surface area contributed by atoms with Gasteiger partial charge < -0.3 is 14.6 Å². The minimum Gasteiger partial charge on any atom is -0.497 e. The number of hydrogen-bond donors (Lipinski definition) is 1. The van der Waals surface area contributed by atoms with Gasteiger partial charge in [-0.1, -0.05) is 48.9 Å². The first kappa shape index (κ1) is 20.2. The first-order chi connectivity index (χ1) is 14.2. The van der Waals surface area contributed by atoms with Crippen LogP contribution in [0, 0.1) is 11.3 Å². The second kappa shape index (κ2) is 8.33. The summed E-state index contributed by atoms with van der Waals surface area (Å²) in [5, 5.41) is 10.6. The second-order valence-corrected chi connectivity index (χ2v) is 8.71. The van der Waals surface area contributed by atoms with E-state index in [1.54, 1.807) is 7.11 Å². The van der Waals surface area contributed by atoms with Crippen LogP contribution >= 0.6 is 0 Å². The van der Waals surface area contributed by atoms with Crippen molar-refractivity contribution in [1.29, 1.82) is 0 Å². The summed E-state index contributed by atoms with van der Waals surface area (Å²) in [5.74, 6) is 1.25. The Morgan fingerprint density at radius 2 is 2.00 bits per heavy atom. The Hall–Kier alpha value is -2.10. The molecule has 29 heavy (non-hydrogen) atoms. The second-order valence-electron chi connectivity index (χ2n) is 8.71. The predicted octanol–water partition coefficient (Wildman–Crippen LogP) is 5.06. The van der Waals surface area contributed by atoms with Crippen LogP contribution in [-0.4, -0.2) is 25.4 Å². The van der Waals surface area contributed by atoms with Crippen LogP contribution in [0.2, 0.25) is 0 Å². The Balaban J connectivity index is 1.62. The van der Waals surface area contributed by atoms with Crippen molar-refractivity contribution in [2.75, 3.05) is 20.3 Å². The fraction of sp³-hybridized carbons (Fsp3) is 0.462. The summed E-state index contributed by atoms with van der Waals surface area (Å²) in [6, 6.07) is 16.7. The largest absolute Gasteiger partial charge is 0.497 e. The number of hydrogen-bond acceptors (Lipinski definition) is 3. The molecular formula is C26H32O3. The highest BCUT2D eigenvalue weighted by Gasteiger charge is 2.54. The molecule has 154 valence electrons. The third-order valence-electron chi connectivity index (χ3n) is 7.32. The van der Waals surface area contributed by atoms with Gasteiger partial charge in [-0.25, -0.2) is 0 Å². The maximum absolute atomic E-state index is 10.6. The van der Waals surface area contributed by atoms with Crippen molar-refractivity contribution in [3.8, 4) is 5.75 Å². The summed E-state index contributed by atoms with van der Waals surface area (Å²) >= 11 is 0. The van der Waals surface area contributed by atoms with Crippen LogP contribution in [0.5, 0.6) is 5.75 Å². The minimum absolute atomic E-state index is 0.100. The van der Waals surface area contributed by atoms with E-state index in [1.165, 1.54) is 16.7 Å². The summed E-state index contributed by atoms with van der Waals surface area (Å²) in [7, 11) is 1.72. The molecule has 0 amide bonds. The highest BCUT2D eigenvalue weighted by atomic mass is 16.5. The normalized spacial score (nSPS) is 28.3. The summed E-state index contributed by atoms with van der Waals surface area (Å²) in [4.78, 5) is 0. The van der Waals surface area contributed by atoms with Gasteiger partial charge in [0.25, 0.3) is 0 Å². The average molecular weight is 393 g/mol. The Morgan fingerprint density at radius 1 is 1.17 bits per heavy atom. The average Bonchev–Trinajstić information content (AvgIpc) is 2.79. The molecule has 3 nitrogen and oxygen atoms in total.